The number of benzene rings is 2. The summed E-state index contributed by atoms with van der Waals surface area (Å²) >= 11 is 0. The SMILES string of the molecule is COc1ccc(C(=O)NC2c3ccccc3CC2O)c(F)c1. The van der Waals surface area contributed by atoms with E-state index in [4.69, 9.17) is 4.74 Å². The molecule has 22 heavy (non-hydrogen) atoms. The summed E-state index contributed by atoms with van der Waals surface area (Å²) in [6.07, 6.45) is -0.227. The molecule has 0 saturated heterocycles. The Labute approximate surface area is 127 Å². The number of carbonyl (C=O) groups excluding carboxylic acids is 1. The van der Waals surface area contributed by atoms with E-state index in [0.717, 1.165) is 17.2 Å². The first-order valence-corrected chi connectivity index (χ1v) is 7.00. The van der Waals surface area contributed by atoms with Gasteiger partial charge < -0.3 is 15.2 Å². The first kappa shape index (κ1) is 14.5. The van der Waals surface area contributed by atoms with E-state index in [1.54, 1.807) is 0 Å². The van der Waals surface area contributed by atoms with E-state index in [-0.39, 0.29) is 5.56 Å². The molecule has 0 aliphatic heterocycles. The third kappa shape index (κ3) is 2.55. The maximum Gasteiger partial charge on any atom is 0.254 e. The first-order valence-electron chi connectivity index (χ1n) is 7.00. The predicted molar refractivity (Wildman–Crippen MR) is 79.3 cm³/mol. The minimum absolute atomic E-state index is 0.0719. The molecule has 1 aliphatic carbocycles. The van der Waals surface area contributed by atoms with Crippen molar-refractivity contribution in [2.75, 3.05) is 7.11 Å². The maximum atomic E-state index is 14.0. The maximum absolute atomic E-state index is 14.0. The van der Waals surface area contributed by atoms with Crippen molar-refractivity contribution in [1.82, 2.24) is 5.32 Å². The predicted octanol–water partition coefficient (Wildman–Crippen LogP) is 2.22. The fraction of sp³-hybridized carbons (Fsp3) is 0.235. The van der Waals surface area contributed by atoms with Crippen molar-refractivity contribution in [2.24, 2.45) is 0 Å². The molecule has 2 aromatic rings. The number of aliphatic hydroxyl groups excluding tert-OH is 1. The minimum Gasteiger partial charge on any atom is -0.497 e. The van der Waals surface area contributed by atoms with Crippen LogP contribution in [0, 0.1) is 5.82 Å². The highest BCUT2D eigenvalue weighted by molar-refractivity contribution is 5.95. The first-order chi connectivity index (χ1) is 10.6. The molecule has 0 aromatic heterocycles. The zero-order valence-electron chi connectivity index (χ0n) is 12.0. The van der Waals surface area contributed by atoms with Crippen molar-refractivity contribution < 1.29 is 19.0 Å². The zero-order valence-corrected chi connectivity index (χ0v) is 12.0. The zero-order chi connectivity index (χ0) is 15.7. The summed E-state index contributed by atoms with van der Waals surface area (Å²) < 4.78 is 18.9. The molecule has 1 amide bonds. The third-order valence-corrected chi connectivity index (χ3v) is 3.91. The summed E-state index contributed by atoms with van der Waals surface area (Å²) in [5, 5.41) is 12.8. The summed E-state index contributed by atoms with van der Waals surface area (Å²) in [7, 11) is 1.43. The fourth-order valence-corrected chi connectivity index (χ4v) is 2.77. The molecule has 0 radical (unpaired) electrons. The molecule has 2 N–H and O–H groups in total. The second kappa shape index (κ2) is 5.77. The van der Waals surface area contributed by atoms with E-state index in [0.29, 0.717) is 12.2 Å². The second-order valence-corrected chi connectivity index (χ2v) is 5.27. The topological polar surface area (TPSA) is 58.6 Å². The van der Waals surface area contributed by atoms with E-state index in [1.807, 2.05) is 24.3 Å². The van der Waals surface area contributed by atoms with Crippen LogP contribution in [0.15, 0.2) is 42.5 Å². The van der Waals surface area contributed by atoms with Gasteiger partial charge in [0.15, 0.2) is 0 Å². The van der Waals surface area contributed by atoms with Gasteiger partial charge in [-0.05, 0) is 23.3 Å². The van der Waals surface area contributed by atoms with E-state index in [9.17, 15) is 14.3 Å². The van der Waals surface area contributed by atoms with Crippen molar-refractivity contribution in [1.29, 1.82) is 0 Å². The highest BCUT2D eigenvalue weighted by Gasteiger charge is 2.32. The standard InChI is InChI=1S/C17H16FNO3/c1-22-11-6-7-13(14(18)9-11)17(21)19-16-12-5-3-2-4-10(12)8-15(16)20/h2-7,9,15-16,20H,8H2,1H3,(H,19,21). The Morgan fingerprint density at radius 1 is 1.32 bits per heavy atom. The Hall–Kier alpha value is -2.40. The van der Waals surface area contributed by atoms with E-state index < -0.39 is 23.9 Å². The lowest BCUT2D eigenvalue weighted by atomic mass is 10.1. The third-order valence-electron chi connectivity index (χ3n) is 3.91. The number of hydrogen-bond acceptors (Lipinski definition) is 3. The van der Waals surface area contributed by atoms with Crippen molar-refractivity contribution >= 4 is 5.91 Å². The number of hydrogen-bond donors (Lipinski definition) is 2. The molecular weight excluding hydrogens is 285 g/mol. The molecule has 0 heterocycles. The molecule has 2 aromatic carbocycles. The molecule has 1 aliphatic rings. The number of nitrogens with one attached hydrogen (secondary N) is 1. The number of amides is 1. The molecule has 0 bridgehead atoms. The van der Waals surface area contributed by atoms with Gasteiger partial charge in [0.2, 0.25) is 0 Å². The molecule has 0 spiro atoms. The monoisotopic (exact) mass is 301 g/mol. The van der Waals surface area contributed by atoms with Gasteiger partial charge in [0.25, 0.3) is 5.91 Å². The molecule has 2 atom stereocenters. The van der Waals surface area contributed by atoms with Crippen LogP contribution in [0.3, 0.4) is 0 Å². The van der Waals surface area contributed by atoms with Gasteiger partial charge in [0.05, 0.1) is 24.8 Å². The Bertz CT molecular complexity index is 717. The number of aliphatic hydroxyl groups is 1. The Morgan fingerprint density at radius 3 is 2.82 bits per heavy atom. The normalized spacial score (nSPS) is 19.6. The van der Waals surface area contributed by atoms with Crippen LogP contribution in [0.25, 0.3) is 0 Å². The smallest absolute Gasteiger partial charge is 0.254 e. The van der Waals surface area contributed by atoms with Gasteiger partial charge >= 0.3 is 0 Å². The Morgan fingerprint density at radius 2 is 2.09 bits per heavy atom. The van der Waals surface area contributed by atoms with Crippen LogP contribution < -0.4 is 10.1 Å². The van der Waals surface area contributed by atoms with Gasteiger partial charge in [0, 0.05) is 12.5 Å². The van der Waals surface area contributed by atoms with Crippen LogP contribution in [0.5, 0.6) is 5.75 Å². The van der Waals surface area contributed by atoms with Crippen LogP contribution in [0.1, 0.15) is 27.5 Å². The molecule has 2 unspecified atom stereocenters. The van der Waals surface area contributed by atoms with Crippen molar-refractivity contribution in [3.63, 3.8) is 0 Å². The lowest BCUT2D eigenvalue weighted by molar-refractivity contribution is 0.0854. The van der Waals surface area contributed by atoms with Crippen LogP contribution in [0.4, 0.5) is 4.39 Å². The second-order valence-electron chi connectivity index (χ2n) is 5.27. The summed E-state index contributed by atoms with van der Waals surface area (Å²) in [6, 6.07) is 11.1. The van der Waals surface area contributed by atoms with E-state index in [2.05, 4.69) is 5.32 Å². The fourth-order valence-electron chi connectivity index (χ4n) is 2.77. The van der Waals surface area contributed by atoms with Crippen molar-refractivity contribution in [3.05, 3.63) is 65.0 Å². The molecule has 4 nitrogen and oxygen atoms in total. The highest BCUT2D eigenvalue weighted by atomic mass is 19.1. The lowest BCUT2D eigenvalue weighted by Gasteiger charge is -2.18. The van der Waals surface area contributed by atoms with E-state index >= 15 is 0 Å². The Kier molecular flexibility index (Phi) is 3.81. The van der Waals surface area contributed by atoms with Crippen LogP contribution >= 0.6 is 0 Å². The highest BCUT2D eigenvalue weighted by Crippen LogP contribution is 2.31. The molecule has 114 valence electrons. The molecule has 3 rings (SSSR count). The summed E-state index contributed by atoms with van der Waals surface area (Å²) in [5.74, 6) is -0.862. The van der Waals surface area contributed by atoms with Crippen molar-refractivity contribution in [3.8, 4) is 5.75 Å². The van der Waals surface area contributed by atoms with Crippen LogP contribution in [-0.4, -0.2) is 24.2 Å². The van der Waals surface area contributed by atoms with Crippen molar-refractivity contribution in [2.45, 2.75) is 18.6 Å². The quantitative estimate of drug-likeness (QED) is 0.914. The number of halogens is 1. The molecule has 0 fully saturated rings. The van der Waals surface area contributed by atoms with Gasteiger partial charge in [-0.15, -0.1) is 0 Å². The average molecular weight is 301 g/mol. The molecule has 5 heteroatoms. The largest absolute Gasteiger partial charge is 0.497 e. The van der Waals surface area contributed by atoms with Gasteiger partial charge in [-0.2, -0.15) is 0 Å². The number of methoxy groups -OCH3 is 1. The van der Waals surface area contributed by atoms with Gasteiger partial charge in [-0.3, -0.25) is 4.79 Å². The summed E-state index contributed by atoms with van der Waals surface area (Å²) in [6.45, 7) is 0. The summed E-state index contributed by atoms with van der Waals surface area (Å²) in [5.41, 5.74) is 1.80. The molecule has 0 saturated carbocycles. The number of ether oxygens (including phenoxy) is 1. The average Bonchev–Trinajstić information content (AvgIpc) is 2.83. The lowest BCUT2D eigenvalue weighted by Crippen LogP contribution is -2.34. The number of rotatable bonds is 3. The van der Waals surface area contributed by atoms with Crippen LogP contribution in [0.2, 0.25) is 0 Å². The number of fused-ring (bicyclic) bond motifs is 1. The van der Waals surface area contributed by atoms with Crippen LogP contribution in [-0.2, 0) is 6.42 Å². The van der Waals surface area contributed by atoms with E-state index in [1.165, 1.54) is 19.2 Å². The Balaban J connectivity index is 1.83. The number of carbonyl (C=O) groups is 1. The summed E-state index contributed by atoms with van der Waals surface area (Å²) in [4.78, 5) is 12.3. The van der Waals surface area contributed by atoms with Gasteiger partial charge in [-0.25, -0.2) is 4.39 Å². The molecular formula is C17H16FNO3. The van der Waals surface area contributed by atoms with Gasteiger partial charge in [-0.1, -0.05) is 24.3 Å². The van der Waals surface area contributed by atoms with Gasteiger partial charge in [0.1, 0.15) is 11.6 Å². The minimum atomic E-state index is -0.706.